The zero-order chi connectivity index (χ0) is 23.9. The molecule has 0 saturated carbocycles. The van der Waals surface area contributed by atoms with Gasteiger partial charge in [0.05, 0.1) is 31.5 Å². The topological polar surface area (TPSA) is 83.9 Å². The molecule has 0 saturated heterocycles. The van der Waals surface area contributed by atoms with Crippen LogP contribution in [-0.2, 0) is 6.61 Å². The minimum atomic E-state index is 0.335. The van der Waals surface area contributed by atoms with Crippen LogP contribution in [0.5, 0.6) is 16.7 Å². The average Bonchev–Trinajstić information content (AvgIpc) is 3.64. The Morgan fingerprint density at radius 3 is 2.63 bits per heavy atom. The Balaban J connectivity index is 1.32. The number of hydrogen-bond donors (Lipinski definition) is 0. The number of nitrogens with zero attached hydrogens (tertiary/aromatic N) is 4. The molecule has 176 valence electrons. The van der Waals surface area contributed by atoms with Crippen molar-refractivity contribution in [2.75, 3.05) is 14.2 Å². The zero-order valence-corrected chi connectivity index (χ0v) is 20.8. The van der Waals surface area contributed by atoms with Crippen LogP contribution in [0.25, 0.3) is 38.0 Å². The lowest BCUT2D eigenvalue weighted by atomic mass is 10.2. The Bertz CT molecular complexity index is 1620. The highest BCUT2D eigenvalue weighted by molar-refractivity contribution is 7.18. The maximum atomic E-state index is 6.25. The van der Waals surface area contributed by atoms with Gasteiger partial charge in [0, 0.05) is 22.6 Å². The lowest BCUT2D eigenvalue weighted by molar-refractivity contribution is 0.303. The maximum absolute atomic E-state index is 6.25. The summed E-state index contributed by atoms with van der Waals surface area (Å²) in [5.41, 5.74) is 3.33. The van der Waals surface area contributed by atoms with E-state index in [1.165, 1.54) is 11.3 Å². The van der Waals surface area contributed by atoms with Gasteiger partial charge >= 0.3 is 0 Å². The molecule has 10 heteroatoms. The summed E-state index contributed by atoms with van der Waals surface area (Å²) in [6.45, 7) is 2.40. The van der Waals surface area contributed by atoms with E-state index in [4.69, 9.17) is 23.6 Å². The van der Waals surface area contributed by atoms with Crippen molar-refractivity contribution in [1.29, 1.82) is 0 Å². The van der Waals surface area contributed by atoms with E-state index in [9.17, 15) is 0 Å². The summed E-state index contributed by atoms with van der Waals surface area (Å²) in [5.74, 6) is 1.92. The molecule has 0 spiro atoms. The molecule has 0 N–H and O–H groups in total. The molecule has 0 unspecified atom stereocenters. The van der Waals surface area contributed by atoms with Crippen molar-refractivity contribution in [3.8, 4) is 38.7 Å². The van der Waals surface area contributed by atoms with E-state index in [2.05, 4.69) is 29.1 Å². The van der Waals surface area contributed by atoms with Crippen molar-refractivity contribution in [1.82, 2.24) is 19.6 Å². The predicted octanol–water partition coefficient (Wildman–Crippen LogP) is 6.23. The van der Waals surface area contributed by atoms with Crippen molar-refractivity contribution >= 4 is 38.6 Å². The highest BCUT2D eigenvalue weighted by Crippen LogP contribution is 2.38. The van der Waals surface area contributed by atoms with Crippen LogP contribution in [0.2, 0.25) is 0 Å². The standard InChI is InChI=1S/C25H20N4O4S2/c1-14-19(26-23(34-14)15-7-5-4-6-8-15)13-32-20-9-16(30-2)10-21-17(20)11-22(33-21)18-12-29-24(27-18)35-25(28-29)31-3/h4-12H,13H2,1-3H3. The van der Waals surface area contributed by atoms with E-state index in [1.54, 1.807) is 30.1 Å². The number of furan rings is 1. The van der Waals surface area contributed by atoms with Gasteiger partial charge in [0.2, 0.25) is 4.96 Å². The normalized spacial score (nSPS) is 11.4. The quantitative estimate of drug-likeness (QED) is 0.255. The van der Waals surface area contributed by atoms with Gasteiger partial charge in [0.15, 0.2) is 5.76 Å². The lowest BCUT2D eigenvalue weighted by Crippen LogP contribution is -1.98. The molecule has 35 heavy (non-hydrogen) atoms. The van der Waals surface area contributed by atoms with Crippen molar-refractivity contribution in [2.24, 2.45) is 0 Å². The molecule has 8 nitrogen and oxygen atoms in total. The molecule has 4 aromatic heterocycles. The molecule has 0 fully saturated rings. The van der Waals surface area contributed by atoms with Crippen LogP contribution in [0.4, 0.5) is 0 Å². The van der Waals surface area contributed by atoms with Gasteiger partial charge in [-0.15, -0.1) is 16.4 Å². The van der Waals surface area contributed by atoms with Gasteiger partial charge in [0.1, 0.15) is 34.4 Å². The number of aryl methyl sites for hydroxylation is 1. The van der Waals surface area contributed by atoms with Crippen molar-refractivity contribution in [2.45, 2.75) is 13.5 Å². The van der Waals surface area contributed by atoms with Crippen LogP contribution in [0.1, 0.15) is 10.6 Å². The number of benzene rings is 2. The second-order valence-electron chi connectivity index (χ2n) is 7.75. The van der Waals surface area contributed by atoms with Crippen molar-refractivity contribution < 1.29 is 18.6 Å². The SMILES string of the molecule is COc1cc(OCc2nc(-c3ccccc3)sc2C)c2cc(-c3cn4nc(OC)sc4n3)oc2c1. The summed E-state index contributed by atoms with van der Waals surface area (Å²) < 4.78 is 24.7. The van der Waals surface area contributed by atoms with E-state index in [0.717, 1.165) is 31.5 Å². The summed E-state index contributed by atoms with van der Waals surface area (Å²) in [5, 5.41) is 6.69. The lowest BCUT2D eigenvalue weighted by Gasteiger charge is -2.08. The van der Waals surface area contributed by atoms with Gasteiger partial charge in [-0.3, -0.25) is 0 Å². The summed E-state index contributed by atoms with van der Waals surface area (Å²) in [7, 11) is 3.21. The molecule has 0 bridgehead atoms. The fourth-order valence-corrected chi connectivity index (χ4v) is 5.36. The van der Waals surface area contributed by atoms with Gasteiger partial charge in [-0.25, -0.2) is 14.5 Å². The molecule has 0 aliphatic rings. The average molecular weight is 505 g/mol. The molecule has 0 atom stereocenters. The minimum Gasteiger partial charge on any atom is -0.496 e. The maximum Gasteiger partial charge on any atom is 0.294 e. The Hall–Kier alpha value is -3.89. The smallest absolute Gasteiger partial charge is 0.294 e. The van der Waals surface area contributed by atoms with Gasteiger partial charge in [-0.2, -0.15) is 0 Å². The fraction of sp³-hybridized carbons (Fsp3) is 0.160. The summed E-state index contributed by atoms with van der Waals surface area (Å²) >= 11 is 3.02. The molecule has 0 aliphatic heterocycles. The largest absolute Gasteiger partial charge is 0.496 e. The second-order valence-corrected chi connectivity index (χ2v) is 9.87. The molecule has 2 aromatic carbocycles. The molecular weight excluding hydrogens is 484 g/mol. The van der Waals surface area contributed by atoms with Crippen LogP contribution in [0.15, 0.2) is 59.1 Å². The zero-order valence-electron chi connectivity index (χ0n) is 19.1. The number of rotatable bonds is 7. The summed E-state index contributed by atoms with van der Waals surface area (Å²) in [4.78, 5) is 11.3. The van der Waals surface area contributed by atoms with E-state index in [-0.39, 0.29) is 0 Å². The summed E-state index contributed by atoms with van der Waals surface area (Å²) in [6.07, 6.45) is 1.81. The predicted molar refractivity (Wildman–Crippen MR) is 136 cm³/mol. The number of imidazole rings is 1. The highest BCUT2D eigenvalue weighted by atomic mass is 32.1. The summed E-state index contributed by atoms with van der Waals surface area (Å²) in [6, 6.07) is 15.8. The number of hydrogen-bond acceptors (Lipinski definition) is 9. The Morgan fingerprint density at radius 2 is 1.86 bits per heavy atom. The minimum absolute atomic E-state index is 0.335. The van der Waals surface area contributed by atoms with Crippen molar-refractivity contribution in [3.63, 3.8) is 0 Å². The molecule has 0 aliphatic carbocycles. The number of methoxy groups -OCH3 is 2. The van der Waals surface area contributed by atoms with Crippen LogP contribution in [0.3, 0.4) is 0 Å². The van der Waals surface area contributed by atoms with Crippen molar-refractivity contribution in [3.05, 3.63) is 65.3 Å². The van der Waals surface area contributed by atoms with E-state index < -0.39 is 0 Å². The molecule has 0 radical (unpaired) electrons. The number of fused-ring (bicyclic) bond motifs is 2. The first-order valence-corrected chi connectivity index (χ1v) is 12.4. The van der Waals surface area contributed by atoms with Crippen LogP contribution < -0.4 is 14.2 Å². The van der Waals surface area contributed by atoms with Gasteiger partial charge in [0.25, 0.3) is 5.19 Å². The van der Waals surface area contributed by atoms with E-state index in [0.29, 0.717) is 40.3 Å². The van der Waals surface area contributed by atoms with Gasteiger partial charge in [-0.05, 0) is 24.3 Å². The number of ether oxygens (including phenoxy) is 3. The highest BCUT2D eigenvalue weighted by Gasteiger charge is 2.18. The molecule has 4 heterocycles. The Kier molecular flexibility index (Phi) is 5.39. The molecule has 6 aromatic rings. The number of thiazole rings is 1. The van der Waals surface area contributed by atoms with Crippen LogP contribution in [0, 0.1) is 6.92 Å². The molecule has 6 rings (SSSR count). The fourth-order valence-electron chi connectivity index (χ4n) is 3.74. The second kappa shape index (κ2) is 8.71. The Morgan fingerprint density at radius 1 is 1.00 bits per heavy atom. The Labute approximate surface area is 208 Å². The van der Waals surface area contributed by atoms with E-state index in [1.807, 2.05) is 42.6 Å². The van der Waals surface area contributed by atoms with Crippen LogP contribution in [-0.4, -0.2) is 33.8 Å². The monoisotopic (exact) mass is 504 g/mol. The first-order valence-electron chi connectivity index (χ1n) is 10.8. The van der Waals surface area contributed by atoms with Gasteiger partial charge in [-0.1, -0.05) is 30.3 Å². The third-order valence-electron chi connectivity index (χ3n) is 5.54. The van der Waals surface area contributed by atoms with E-state index >= 15 is 0 Å². The molecule has 0 amide bonds. The van der Waals surface area contributed by atoms with Crippen LogP contribution >= 0.6 is 22.7 Å². The third-order valence-corrected chi connectivity index (χ3v) is 7.48. The van der Waals surface area contributed by atoms with Gasteiger partial charge < -0.3 is 18.6 Å². The number of aromatic nitrogens is 4. The third kappa shape index (κ3) is 4.00. The first kappa shape index (κ1) is 21.6. The molecular formula is C25H20N4O4S2. The first-order chi connectivity index (χ1) is 17.1.